The van der Waals surface area contributed by atoms with Gasteiger partial charge in [-0.2, -0.15) is 0 Å². The van der Waals surface area contributed by atoms with Crippen molar-refractivity contribution in [3.63, 3.8) is 0 Å². The van der Waals surface area contributed by atoms with Crippen molar-refractivity contribution in [2.24, 2.45) is 0 Å². The number of esters is 1. The van der Waals surface area contributed by atoms with Gasteiger partial charge in [-0.05, 0) is 64.9 Å². The summed E-state index contributed by atoms with van der Waals surface area (Å²) in [5.41, 5.74) is 4.11. The molecule has 11 heteroatoms. The highest BCUT2D eigenvalue weighted by molar-refractivity contribution is 6.02. The molecule has 1 fully saturated rings. The Morgan fingerprint density at radius 3 is 2.76 bits per heavy atom. The van der Waals surface area contributed by atoms with Crippen LogP contribution in [0.3, 0.4) is 0 Å². The number of likely N-dealkylation sites (N-methyl/N-ethyl adjacent to an activating group) is 2. The van der Waals surface area contributed by atoms with Gasteiger partial charge in [0.2, 0.25) is 5.95 Å². The number of aryl methyl sites for hydroxylation is 1. The smallest absolute Gasteiger partial charge is 0.342 e. The summed E-state index contributed by atoms with van der Waals surface area (Å²) in [5.74, 6) is -0.323. The van der Waals surface area contributed by atoms with Crippen molar-refractivity contribution in [3.8, 4) is 11.3 Å². The summed E-state index contributed by atoms with van der Waals surface area (Å²) in [7, 11) is 3.99. The monoisotopic (exact) mass is 573 g/mol. The number of likely N-dealkylation sites (tertiary alicyclic amines) is 1. The van der Waals surface area contributed by atoms with Gasteiger partial charge in [-0.3, -0.25) is 10.1 Å². The molecule has 0 unspecified atom stereocenters. The Morgan fingerprint density at radius 2 is 2.07 bits per heavy atom. The number of hydrogen-bond donors (Lipinski definition) is 2. The number of nitrogens with one attached hydrogen (secondary N) is 2. The van der Waals surface area contributed by atoms with Gasteiger partial charge in [0.05, 0.1) is 22.4 Å². The highest BCUT2D eigenvalue weighted by atomic mass is 16.6. The Hall–Kier alpha value is -4.51. The van der Waals surface area contributed by atoms with Crippen LogP contribution in [0.1, 0.15) is 50.0 Å². The fourth-order valence-corrected chi connectivity index (χ4v) is 5.35. The summed E-state index contributed by atoms with van der Waals surface area (Å²) in [6, 6.07) is 11.4. The molecule has 0 saturated carbocycles. The lowest BCUT2D eigenvalue weighted by atomic mass is 10.1. The van der Waals surface area contributed by atoms with Crippen LogP contribution in [0.5, 0.6) is 0 Å². The topological polar surface area (TPSA) is 130 Å². The van der Waals surface area contributed by atoms with E-state index in [4.69, 9.17) is 9.72 Å². The van der Waals surface area contributed by atoms with Crippen LogP contribution >= 0.6 is 0 Å². The van der Waals surface area contributed by atoms with Gasteiger partial charge in [-0.15, -0.1) is 0 Å². The highest BCUT2D eigenvalue weighted by Gasteiger charge is 2.27. The minimum absolute atomic E-state index is 0. The van der Waals surface area contributed by atoms with Crippen LogP contribution in [0.2, 0.25) is 0 Å². The Morgan fingerprint density at radius 1 is 1.31 bits per heavy atom. The number of aromatic amines is 1. The lowest BCUT2D eigenvalue weighted by Crippen LogP contribution is -2.36. The zero-order chi connectivity index (χ0) is 29.3. The van der Waals surface area contributed by atoms with Gasteiger partial charge < -0.3 is 24.8 Å². The molecule has 11 nitrogen and oxygen atoms in total. The predicted molar refractivity (Wildman–Crippen MR) is 167 cm³/mol. The highest BCUT2D eigenvalue weighted by Crippen LogP contribution is 2.36. The molecule has 1 saturated heterocycles. The summed E-state index contributed by atoms with van der Waals surface area (Å²) < 4.78 is 5.46. The van der Waals surface area contributed by atoms with Crippen molar-refractivity contribution in [2.45, 2.75) is 53.2 Å². The number of ether oxygens (including phenoxy) is 1. The van der Waals surface area contributed by atoms with Gasteiger partial charge >= 0.3 is 5.97 Å². The quantitative estimate of drug-likeness (QED) is 0.134. The number of anilines is 3. The molecule has 0 spiro atoms. The fourth-order valence-electron chi connectivity index (χ4n) is 5.35. The minimum atomic E-state index is -0.529. The first-order chi connectivity index (χ1) is 19.6. The maximum absolute atomic E-state index is 13.0. The number of aromatic nitrogens is 3. The molecule has 3 heterocycles. The van der Waals surface area contributed by atoms with Crippen LogP contribution in [-0.2, 0) is 4.74 Å². The van der Waals surface area contributed by atoms with Crippen LogP contribution in [0.4, 0.5) is 23.0 Å². The normalized spacial score (nSPS) is 15.0. The number of hydrogen-bond acceptors (Lipinski definition) is 9. The number of nitrogens with zero attached hydrogens (tertiary/aromatic N) is 5. The van der Waals surface area contributed by atoms with Crippen LogP contribution in [0.15, 0.2) is 48.8 Å². The number of benzene rings is 2. The Kier molecular flexibility index (Phi) is 9.11. The van der Waals surface area contributed by atoms with E-state index in [2.05, 4.69) is 27.2 Å². The van der Waals surface area contributed by atoms with E-state index in [-0.39, 0.29) is 35.7 Å². The summed E-state index contributed by atoms with van der Waals surface area (Å²) in [5, 5.41) is 16.2. The van der Waals surface area contributed by atoms with Crippen molar-refractivity contribution in [3.05, 3.63) is 70.0 Å². The molecule has 5 rings (SSSR count). The zero-order valence-corrected chi connectivity index (χ0v) is 24.0. The van der Waals surface area contributed by atoms with Crippen LogP contribution < -0.4 is 10.2 Å². The number of rotatable bonds is 9. The minimum Gasteiger partial charge on any atom is -0.459 e. The average molecular weight is 574 g/mol. The third kappa shape index (κ3) is 6.20. The molecule has 222 valence electrons. The first-order valence-corrected chi connectivity index (χ1v) is 13.7. The molecule has 42 heavy (non-hydrogen) atoms. The van der Waals surface area contributed by atoms with E-state index >= 15 is 0 Å². The molecular formula is C31H39N7O4. The molecule has 4 aromatic rings. The first-order valence-electron chi connectivity index (χ1n) is 13.7. The van der Waals surface area contributed by atoms with Crippen LogP contribution in [0, 0.1) is 17.0 Å². The average Bonchev–Trinajstić information content (AvgIpc) is 3.54. The first kappa shape index (κ1) is 30.4. The number of nitro benzene ring substituents is 1. The van der Waals surface area contributed by atoms with E-state index in [1.807, 2.05) is 49.2 Å². The Balaban J connectivity index is 0.00000405. The molecule has 1 aliphatic rings. The number of H-pyrrole nitrogens is 1. The van der Waals surface area contributed by atoms with Crippen molar-refractivity contribution >= 4 is 39.9 Å². The van der Waals surface area contributed by atoms with Gasteiger partial charge in [0, 0.05) is 54.6 Å². The number of carbonyl (C=O) groups is 1. The molecule has 2 aromatic carbocycles. The van der Waals surface area contributed by atoms with Gasteiger partial charge in [0.25, 0.3) is 5.69 Å². The van der Waals surface area contributed by atoms with Crippen LogP contribution in [0.25, 0.3) is 22.2 Å². The van der Waals surface area contributed by atoms with E-state index in [0.717, 1.165) is 41.4 Å². The van der Waals surface area contributed by atoms with Gasteiger partial charge in [-0.25, -0.2) is 14.8 Å². The summed E-state index contributed by atoms with van der Waals surface area (Å²) in [4.78, 5) is 41.3. The van der Waals surface area contributed by atoms with Gasteiger partial charge in [0.15, 0.2) is 0 Å². The van der Waals surface area contributed by atoms with E-state index in [1.54, 1.807) is 20.0 Å². The molecular weight excluding hydrogens is 534 g/mol. The molecule has 0 aliphatic carbocycles. The number of nitro groups is 1. The second kappa shape index (κ2) is 12.6. The third-order valence-electron chi connectivity index (χ3n) is 7.53. The maximum atomic E-state index is 13.0. The van der Waals surface area contributed by atoms with Gasteiger partial charge in [-0.1, -0.05) is 25.6 Å². The summed E-state index contributed by atoms with van der Waals surface area (Å²) in [6.07, 6.45) is 5.12. The maximum Gasteiger partial charge on any atom is 0.342 e. The number of carbonyl (C=O) groups excluding carboxylic acids is 1. The molecule has 2 N–H and O–H groups in total. The molecule has 0 amide bonds. The Bertz CT molecular complexity index is 1600. The molecule has 2 aromatic heterocycles. The predicted octanol–water partition coefficient (Wildman–Crippen LogP) is 6.32. The second-order valence-corrected chi connectivity index (χ2v) is 10.9. The molecule has 0 radical (unpaired) electrons. The summed E-state index contributed by atoms with van der Waals surface area (Å²) in [6.45, 7) is 7.19. The van der Waals surface area contributed by atoms with E-state index < -0.39 is 5.97 Å². The van der Waals surface area contributed by atoms with Gasteiger partial charge in [0.1, 0.15) is 11.3 Å². The van der Waals surface area contributed by atoms with Crippen molar-refractivity contribution in [1.82, 2.24) is 19.9 Å². The van der Waals surface area contributed by atoms with Crippen molar-refractivity contribution < 1.29 is 14.5 Å². The SMILES string of the molecule is C.Cc1cc(N(C)C[C@H]2CCCN2C)c([N+](=O)[O-])cc1Nc1ncc(C(=O)OC(C)C)c(-c2c[nH]c3ccccc23)n1. The van der Waals surface area contributed by atoms with Crippen molar-refractivity contribution in [1.29, 1.82) is 0 Å². The lowest BCUT2D eigenvalue weighted by molar-refractivity contribution is -0.384. The number of fused-ring (bicyclic) bond motifs is 1. The second-order valence-electron chi connectivity index (χ2n) is 10.9. The van der Waals surface area contributed by atoms with E-state index in [0.29, 0.717) is 29.7 Å². The third-order valence-corrected chi connectivity index (χ3v) is 7.53. The van der Waals surface area contributed by atoms with E-state index in [9.17, 15) is 14.9 Å². The van der Waals surface area contributed by atoms with Crippen LogP contribution in [-0.4, -0.2) is 70.1 Å². The van der Waals surface area contributed by atoms with Crippen molar-refractivity contribution in [2.75, 3.05) is 37.4 Å². The largest absolute Gasteiger partial charge is 0.459 e. The zero-order valence-electron chi connectivity index (χ0n) is 24.0. The fraction of sp³-hybridized carbons (Fsp3) is 0.387. The van der Waals surface area contributed by atoms with E-state index in [1.165, 1.54) is 12.3 Å². The molecule has 1 aliphatic heterocycles. The molecule has 1 atom stereocenters. The number of para-hydroxylation sites is 1. The molecule has 0 bridgehead atoms. The summed E-state index contributed by atoms with van der Waals surface area (Å²) >= 11 is 0. The standard InChI is InChI=1S/C30H35N7O4.CH4/c1-18(2)41-29(38)23-16-32-30(34-28(23)22-15-31-24-11-7-6-10-21(22)24)33-25-14-27(37(39)40)26(13-19(25)3)36(5)17-20-9-8-12-35(20)4;/h6-7,10-11,13-16,18,20,31H,8-9,12,17H2,1-5H3,(H,32,33,34);1H4/t20-;/m1./s1. The Labute approximate surface area is 246 Å². The lowest BCUT2D eigenvalue weighted by Gasteiger charge is -2.27.